The lowest BCUT2D eigenvalue weighted by molar-refractivity contribution is -0.161. The van der Waals surface area contributed by atoms with E-state index in [0.29, 0.717) is 25.7 Å². The van der Waals surface area contributed by atoms with Crippen LogP contribution in [0.3, 0.4) is 0 Å². The van der Waals surface area contributed by atoms with Gasteiger partial charge in [-0.05, 0) is 57.3 Å². The summed E-state index contributed by atoms with van der Waals surface area (Å²) < 4.78 is 68.6. The van der Waals surface area contributed by atoms with E-state index >= 15 is 0 Å². The maximum absolute atomic E-state index is 13.1. The van der Waals surface area contributed by atoms with Crippen LogP contribution >= 0.6 is 15.6 Å². The molecule has 0 heterocycles. The number of rotatable bonds is 78. The molecule has 0 aromatic rings. The molecule has 0 aromatic heterocycles. The minimum absolute atomic E-state index is 0.102. The number of aliphatic hydroxyl groups excluding tert-OH is 1. The first-order chi connectivity index (χ1) is 48.1. The van der Waals surface area contributed by atoms with Crippen molar-refractivity contribution >= 4 is 39.5 Å². The fraction of sp³-hybridized carbons (Fsp3) is 0.900. The maximum atomic E-state index is 13.1. The van der Waals surface area contributed by atoms with E-state index in [-0.39, 0.29) is 25.7 Å². The monoisotopic (exact) mass is 1450 g/mol. The van der Waals surface area contributed by atoms with Crippen molar-refractivity contribution < 1.29 is 80.2 Å². The van der Waals surface area contributed by atoms with Crippen molar-refractivity contribution in [2.75, 3.05) is 39.6 Å². The van der Waals surface area contributed by atoms with Crippen LogP contribution in [0.25, 0.3) is 0 Å². The molecule has 99 heavy (non-hydrogen) atoms. The van der Waals surface area contributed by atoms with Gasteiger partial charge in [0, 0.05) is 25.7 Å². The number of ether oxygens (including phenoxy) is 4. The van der Waals surface area contributed by atoms with Crippen LogP contribution in [0, 0.1) is 5.92 Å². The summed E-state index contributed by atoms with van der Waals surface area (Å²) in [6, 6.07) is 0. The van der Waals surface area contributed by atoms with Gasteiger partial charge in [-0.15, -0.1) is 0 Å². The summed E-state index contributed by atoms with van der Waals surface area (Å²) in [4.78, 5) is 72.9. The van der Waals surface area contributed by atoms with Gasteiger partial charge in [-0.25, -0.2) is 9.13 Å². The number of aliphatic hydroxyl groups is 1. The number of hydrogen-bond acceptors (Lipinski definition) is 15. The Morgan fingerprint density at radius 3 is 0.859 bits per heavy atom. The quantitative estimate of drug-likeness (QED) is 0.0169. The van der Waals surface area contributed by atoms with Crippen molar-refractivity contribution in [3.05, 3.63) is 24.3 Å². The summed E-state index contributed by atoms with van der Waals surface area (Å²) in [6.45, 7) is 7.27. The van der Waals surface area contributed by atoms with E-state index in [0.717, 1.165) is 115 Å². The predicted octanol–water partition coefficient (Wildman–Crippen LogP) is 23.6. The number of hydrogen-bond donors (Lipinski definition) is 3. The predicted molar refractivity (Wildman–Crippen MR) is 404 cm³/mol. The van der Waals surface area contributed by atoms with Crippen LogP contribution in [0.15, 0.2) is 24.3 Å². The zero-order valence-electron chi connectivity index (χ0n) is 64.1. The van der Waals surface area contributed by atoms with Crippen LogP contribution in [-0.2, 0) is 65.4 Å². The SMILES string of the molecule is CCCCCC/C=C\C=C/CCCCCCCC(=O)OC[C@H](COP(=O)(O)OC[C@@H](O)COP(=O)(O)OC[C@@H](COC(=O)CCCCCCCCCCCC)OC(=O)CCCCCCCCCCCCC(C)CC)OC(=O)CCCCCCCCCCCCCCCCCCCCCC. The number of allylic oxidation sites excluding steroid dienone is 4. The fourth-order valence-electron chi connectivity index (χ4n) is 11.8. The number of phosphoric acid groups is 2. The normalized spacial score (nSPS) is 14.3. The molecule has 0 aliphatic carbocycles. The summed E-state index contributed by atoms with van der Waals surface area (Å²) in [7, 11) is -9.93. The minimum Gasteiger partial charge on any atom is -0.462 e. The molecule has 0 saturated carbocycles. The molecule has 0 aliphatic rings. The number of phosphoric ester groups is 2. The summed E-state index contributed by atoms with van der Waals surface area (Å²) >= 11 is 0. The lowest BCUT2D eigenvalue weighted by Crippen LogP contribution is -2.30. The third kappa shape index (κ3) is 72.3. The van der Waals surface area contributed by atoms with Crippen molar-refractivity contribution in [1.29, 1.82) is 0 Å². The molecule has 0 saturated heterocycles. The molecule has 0 aliphatic heterocycles. The van der Waals surface area contributed by atoms with Crippen molar-refractivity contribution in [2.45, 2.75) is 419 Å². The van der Waals surface area contributed by atoms with Crippen molar-refractivity contribution in [1.82, 2.24) is 0 Å². The second kappa shape index (κ2) is 72.5. The highest BCUT2D eigenvalue weighted by atomic mass is 31.2. The van der Waals surface area contributed by atoms with Crippen LogP contribution in [-0.4, -0.2) is 96.7 Å². The summed E-state index contributed by atoms with van der Waals surface area (Å²) in [5.74, 6) is -1.34. The van der Waals surface area contributed by atoms with Crippen LogP contribution < -0.4 is 0 Å². The Morgan fingerprint density at radius 2 is 0.566 bits per heavy atom. The molecule has 17 nitrogen and oxygen atoms in total. The van der Waals surface area contributed by atoms with Crippen molar-refractivity contribution in [2.24, 2.45) is 5.92 Å². The molecule has 0 fully saturated rings. The van der Waals surface area contributed by atoms with Gasteiger partial charge < -0.3 is 33.8 Å². The minimum atomic E-state index is -4.97. The zero-order chi connectivity index (χ0) is 72.7. The van der Waals surface area contributed by atoms with Gasteiger partial charge in [0.2, 0.25) is 0 Å². The van der Waals surface area contributed by atoms with Gasteiger partial charge in [0.1, 0.15) is 19.3 Å². The van der Waals surface area contributed by atoms with Gasteiger partial charge in [-0.1, -0.05) is 348 Å². The van der Waals surface area contributed by atoms with Gasteiger partial charge in [-0.2, -0.15) is 0 Å². The Labute approximate surface area is 605 Å². The van der Waals surface area contributed by atoms with Gasteiger partial charge >= 0.3 is 39.5 Å². The zero-order valence-corrected chi connectivity index (χ0v) is 65.9. The van der Waals surface area contributed by atoms with E-state index in [1.54, 1.807) is 0 Å². The molecular formula is C80H152O17P2. The standard InChI is InChI=1S/C80H152O17P2/c1-6-10-13-16-19-22-25-27-29-30-31-32-33-35-37-39-45-50-55-60-65-79(84)96-76(70-91-78(83)64-59-54-49-44-38-36-34-28-26-23-20-17-14-11-7-2)72-95-99(88,89)93-68-74(81)67-92-98(86,87)94-71-75(69-90-77(82)63-58-53-48-43-24-21-18-15-12-8-3)97-80(85)66-61-56-51-46-41-40-42-47-52-57-62-73(5)9-4/h23,26,28,34,73-76,81H,6-22,24-25,27,29-33,35-72H2,1-5H3,(H,86,87)(H,88,89)/b26-23-,34-28-/t73?,74-,75+,76+/m0/s1. The Hall–Kier alpha value is -2.46. The van der Waals surface area contributed by atoms with Crippen LogP contribution in [0.1, 0.15) is 401 Å². The molecule has 584 valence electrons. The van der Waals surface area contributed by atoms with E-state index < -0.39 is 97.5 Å². The highest BCUT2D eigenvalue weighted by Crippen LogP contribution is 2.45. The molecule has 0 amide bonds. The van der Waals surface area contributed by atoms with Gasteiger partial charge in [-0.3, -0.25) is 37.3 Å². The van der Waals surface area contributed by atoms with E-state index in [4.69, 9.17) is 37.0 Å². The summed E-state index contributed by atoms with van der Waals surface area (Å²) in [6.07, 6.45) is 65.9. The Bertz CT molecular complexity index is 1990. The van der Waals surface area contributed by atoms with Gasteiger partial charge in [0.15, 0.2) is 12.2 Å². The Kier molecular flexibility index (Phi) is 70.7. The Balaban J connectivity index is 5.26. The third-order valence-corrected chi connectivity index (χ3v) is 20.4. The Morgan fingerprint density at radius 1 is 0.323 bits per heavy atom. The first kappa shape index (κ1) is 96.5. The summed E-state index contributed by atoms with van der Waals surface area (Å²) in [5.41, 5.74) is 0. The lowest BCUT2D eigenvalue weighted by atomic mass is 9.99. The number of carbonyl (C=O) groups is 4. The maximum Gasteiger partial charge on any atom is 0.472 e. The van der Waals surface area contributed by atoms with E-state index in [1.165, 1.54) is 205 Å². The van der Waals surface area contributed by atoms with E-state index in [1.807, 2.05) is 0 Å². The van der Waals surface area contributed by atoms with Gasteiger partial charge in [0.25, 0.3) is 0 Å². The molecular weight excluding hydrogens is 1290 g/mol. The molecule has 0 radical (unpaired) electrons. The highest BCUT2D eigenvalue weighted by Gasteiger charge is 2.30. The molecule has 19 heteroatoms. The van der Waals surface area contributed by atoms with Crippen LogP contribution in [0.5, 0.6) is 0 Å². The van der Waals surface area contributed by atoms with Crippen LogP contribution in [0.4, 0.5) is 0 Å². The van der Waals surface area contributed by atoms with E-state index in [9.17, 15) is 43.2 Å². The largest absolute Gasteiger partial charge is 0.472 e. The molecule has 0 rings (SSSR count). The fourth-order valence-corrected chi connectivity index (χ4v) is 13.4. The van der Waals surface area contributed by atoms with Crippen LogP contribution in [0.2, 0.25) is 0 Å². The topological polar surface area (TPSA) is 237 Å². The number of carbonyl (C=O) groups excluding carboxylic acids is 4. The van der Waals surface area contributed by atoms with Crippen molar-refractivity contribution in [3.63, 3.8) is 0 Å². The summed E-state index contributed by atoms with van der Waals surface area (Å²) in [5, 5.41) is 10.6. The number of unbranched alkanes of at least 4 members (excludes halogenated alkanes) is 46. The lowest BCUT2D eigenvalue weighted by Gasteiger charge is -2.21. The first-order valence-electron chi connectivity index (χ1n) is 41.0. The number of esters is 4. The average molecular weight is 1450 g/mol. The van der Waals surface area contributed by atoms with Gasteiger partial charge in [0.05, 0.1) is 26.4 Å². The second-order valence-electron chi connectivity index (χ2n) is 28.4. The molecule has 3 unspecified atom stereocenters. The van der Waals surface area contributed by atoms with E-state index in [2.05, 4.69) is 58.9 Å². The second-order valence-corrected chi connectivity index (χ2v) is 31.3. The average Bonchev–Trinajstić information content (AvgIpc) is 1.02. The molecule has 3 N–H and O–H groups in total. The smallest absolute Gasteiger partial charge is 0.462 e. The molecule has 6 atom stereocenters. The third-order valence-electron chi connectivity index (χ3n) is 18.5. The van der Waals surface area contributed by atoms with Crippen molar-refractivity contribution in [3.8, 4) is 0 Å². The molecule has 0 aromatic carbocycles. The first-order valence-corrected chi connectivity index (χ1v) is 44.0. The molecule has 0 bridgehead atoms. The highest BCUT2D eigenvalue weighted by molar-refractivity contribution is 7.47. The molecule has 0 spiro atoms.